The van der Waals surface area contributed by atoms with E-state index in [-0.39, 0.29) is 0 Å². The Morgan fingerprint density at radius 2 is 1.73 bits per heavy atom. The minimum absolute atomic E-state index is 0.604. The van der Waals surface area contributed by atoms with Gasteiger partial charge in [-0.25, -0.2) is 9.97 Å². The maximum absolute atomic E-state index is 4.48. The van der Waals surface area contributed by atoms with Crippen LogP contribution in [-0.4, -0.2) is 29.1 Å². The third-order valence-electron chi connectivity index (χ3n) is 2.87. The quantitative estimate of drug-likeness (QED) is 0.721. The van der Waals surface area contributed by atoms with E-state index in [9.17, 15) is 0 Å². The normalized spacial score (nSPS) is 18.2. The van der Waals surface area contributed by atoms with Crippen molar-refractivity contribution >= 4 is 5.95 Å². The number of nitrogens with zero attached hydrogens (tertiary/aromatic N) is 3. The monoisotopic (exact) mass is 207 g/mol. The van der Waals surface area contributed by atoms with Crippen LogP contribution < -0.4 is 10.6 Å². The highest BCUT2D eigenvalue weighted by molar-refractivity contribution is 5.32. The highest BCUT2D eigenvalue weighted by Gasteiger charge is 2.20. The number of piperidine rings is 1. The van der Waals surface area contributed by atoms with E-state index in [1.54, 1.807) is 0 Å². The van der Waals surface area contributed by atoms with Crippen molar-refractivity contribution in [2.45, 2.75) is 32.7 Å². The van der Waals surface area contributed by atoms with Crippen LogP contribution in [0.15, 0.2) is 6.07 Å². The number of aromatic nitrogens is 2. The summed E-state index contributed by atoms with van der Waals surface area (Å²) in [7, 11) is 0. The van der Waals surface area contributed by atoms with Gasteiger partial charge in [-0.15, -0.1) is 0 Å². The van der Waals surface area contributed by atoms with Crippen molar-refractivity contribution in [3.63, 3.8) is 0 Å². The van der Waals surface area contributed by atoms with E-state index in [0.29, 0.717) is 6.04 Å². The van der Waals surface area contributed by atoms with Crippen molar-refractivity contribution in [1.29, 1.82) is 0 Å². The molecule has 0 atom stereocenters. The van der Waals surface area contributed by atoms with E-state index >= 15 is 0 Å². The Kier molecular flexibility index (Phi) is 2.86. The summed E-state index contributed by atoms with van der Waals surface area (Å²) in [5.74, 6) is 0.888. The zero-order valence-corrected chi connectivity index (χ0v) is 9.53. The summed E-state index contributed by atoms with van der Waals surface area (Å²) in [6.45, 7) is 6.12. The Labute approximate surface area is 90.5 Å². The highest BCUT2D eigenvalue weighted by Crippen LogP contribution is 2.15. The SMILES string of the molecule is Cc1cc(C)nc(N2CCC([NH3+])CC2)n1. The van der Waals surface area contributed by atoms with Crippen LogP contribution in [0.4, 0.5) is 5.95 Å². The van der Waals surface area contributed by atoms with Crippen LogP contribution in [-0.2, 0) is 0 Å². The molecule has 0 bridgehead atoms. The second-order valence-corrected chi connectivity index (χ2v) is 4.38. The van der Waals surface area contributed by atoms with E-state index in [1.807, 2.05) is 19.9 Å². The summed E-state index contributed by atoms with van der Waals surface area (Å²) < 4.78 is 0. The average molecular weight is 207 g/mol. The first-order valence-corrected chi connectivity index (χ1v) is 5.55. The number of hydrogen-bond acceptors (Lipinski definition) is 3. The van der Waals surface area contributed by atoms with Crippen LogP contribution in [0.5, 0.6) is 0 Å². The number of anilines is 1. The fourth-order valence-corrected chi connectivity index (χ4v) is 1.98. The molecule has 15 heavy (non-hydrogen) atoms. The summed E-state index contributed by atoms with van der Waals surface area (Å²) in [5.41, 5.74) is 6.19. The van der Waals surface area contributed by atoms with Crippen LogP contribution in [0, 0.1) is 13.8 Å². The molecule has 0 spiro atoms. The molecule has 1 aliphatic heterocycles. The molecular formula is C11H19N4+. The minimum Gasteiger partial charge on any atom is -0.355 e. The van der Waals surface area contributed by atoms with Crippen molar-refractivity contribution in [3.8, 4) is 0 Å². The topological polar surface area (TPSA) is 56.7 Å². The average Bonchev–Trinajstić information content (AvgIpc) is 2.17. The summed E-state index contributed by atoms with van der Waals surface area (Å²) in [4.78, 5) is 11.2. The third-order valence-corrected chi connectivity index (χ3v) is 2.87. The molecule has 0 unspecified atom stereocenters. The molecule has 1 aromatic heterocycles. The third kappa shape index (κ3) is 2.45. The van der Waals surface area contributed by atoms with Gasteiger partial charge in [-0.05, 0) is 19.9 Å². The lowest BCUT2D eigenvalue weighted by molar-refractivity contribution is -0.423. The van der Waals surface area contributed by atoms with E-state index < -0.39 is 0 Å². The zero-order chi connectivity index (χ0) is 10.8. The molecule has 3 N–H and O–H groups in total. The van der Waals surface area contributed by atoms with Crippen LogP contribution in [0.1, 0.15) is 24.2 Å². The van der Waals surface area contributed by atoms with Crippen molar-refractivity contribution in [2.24, 2.45) is 0 Å². The summed E-state index contributed by atoms with van der Waals surface area (Å²) >= 11 is 0. The predicted octanol–water partition coefficient (Wildman–Crippen LogP) is 0.304. The number of quaternary nitrogens is 1. The Balaban J connectivity index is 2.15. The van der Waals surface area contributed by atoms with Gasteiger partial charge in [-0.1, -0.05) is 0 Å². The molecule has 1 saturated heterocycles. The smallest absolute Gasteiger partial charge is 0.225 e. The number of aryl methyl sites for hydroxylation is 2. The van der Waals surface area contributed by atoms with Gasteiger partial charge < -0.3 is 10.6 Å². The lowest BCUT2D eigenvalue weighted by Gasteiger charge is -2.28. The molecule has 0 radical (unpaired) electrons. The van der Waals surface area contributed by atoms with Crippen LogP contribution >= 0.6 is 0 Å². The summed E-state index contributed by atoms with van der Waals surface area (Å²) in [6, 6.07) is 2.62. The van der Waals surface area contributed by atoms with Crippen molar-refractivity contribution < 1.29 is 5.73 Å². The van der Waals surface area contributed by atoms with Crippen molar-refractivity contribution in [2.75, 3.05) is 18.0 Å². The Bertz CT molecular complexity index is 322. The van der Waals surface area contributed by atoms with Gasteiger partial charge in [0, 0.05) is 37.3 Å². The molecule has 2 heterocycles. The van der Waals surface area contributed by atoms with Gasteiger partial charge in [0.15, 0.2) is 0 Å². The minimum atomic E-state index is 0.604. The standard InChI is InChI=1S/C11H18N4/c1-8-7-9(2)14-11(13-8)15-5-3-10(12)4-6-15/h7,10H,3-6,12H2,1-2H3/p+1. The van der Waals surface area contributed by atoms with Crippen molar-refractivity contribution in [3.05, 3.63) is 17.5 Å². The Morgan fingerprint density at radius 3 is 2.27 bits per heavy atom. The molecule has 4 nitrogen and oxygen atoms in total. The molecule has 2 rings (SSSR count). The second kappa shape index (κ2) is 4.14. The first-order valence-electron chi connectivity index (χ1n) is 5.55. The lowest BCUT2D eigenvalue weighted by Crippen LogP contribution is -2.64. The van der Waals surface area contributed by atoms with Gasteiger partial charge in [-0.2, -0.15) is 0 Å². The van der Waals surface area contributed by atoms with Gasteiger partial charge in [0.05, 0.1) is 6.04 Å². The van der Waals surface area contributed by atoms with Gasteiger partial charge in [-0.3, -0.25) is 0 Å². The molecule has 0 saturated carbocycles. The lowest BCUT2D eigenvalue weighted by atomic mass is 10.1. The summed E-state index contributed by atoms with van der Waals surface area (Å²) in [5, 5.41) is 0. The largest absolute Gasteiger partial charge is 0.355 e. The van der Waals surface area contributed by atoms with E-state index in [4.69, 9.17) is 0 Å². The number of rotatable bonds is 1. The van der Waals surface area contributed by atoms with E-state index in [1.165, 1.54) is 0 Å². The fourth-order valence-electron chi connectivity index (χ4n) is 1.98. The molecule has 0 aromatic carbocycles. The van der Waals surface area contributed by atoms with Gasteiger partial charge in [0.2, 0.25) is 5.95 Å². The molecule has 1 fully saturated rings. The van der Waals surface area contributed by atoms with E-state index in [0.717, 1.165) is 43.3 Å². The van der Waals surface area contributed by atoms with Gasteiger partial charge in [0.25, 0.3) is 0 Å². The molecule has 1 aromatic rings. The van der Waals surface area contributed by atoms with Gasteiger partial charge in [0.1, 0.15) is 0 Å². The molecular weight excluding hydrogens is 188 g/mol. The molecule has 0 aliphatic carbocycles. The van der Waals surface area contributed by atoms with Crippen LogP contribution in [0.25, 0.3) is 0 Å². The zero-order valence-electron chi connectivity index (χ0n) is 9.53. The summed E-state index contributed by atoms with van der Waals surface area (Å²) in [6.07, 6.45) is 2.30. The molecule has 1 aliphatic rings. The van der Waals surface area contributed by atoms with Crippen molar-refractivity contribution in [1.82, 2.24) is 9.97 Å². The van der Waals surface area contributed by atoms with Crippen LogP contribution in [0.2, 0.25) is 0 Å². The first-order chi connectivity index (χ1) is 7.15. The van der Waals surface area contributed by atoms with Crippen LogP contribution in [0.3, 0.4) is 0 Å². The maximum atomic E-state index is 4.48. The van der Waals surface area contributed by atoms with E-state index in [2.05, 4.69) is 20.6 Å². The second-order valence-electron chi connectivity index (χ2n) is 4.38. The molecule has 4 heteroatoms. The first kappa shape index (κ1) is 10.4. The fraction of sp³-hybridized carbons (Fsp3) is 0.636. The Morgan fingerprint density at radius 1 is 1.20 bits per heavy atom. The highest BCUT2D eigenvalue weighted by atomic mass is 15.3. The molecule has 82 valence electrons. The maximum Gasteiger partial charge on any atom is 0.225 e. The number of hydrogen-bond donors (Lipinski definition) is 1. The van der Waals surface area contributed by atoms with Gasteiger partial charge >= 0.3 is 0 Å². The Hall–Kier alpha value is -1.16. The predicted molar refractivity (Wildman–Crippen MR) is 59.6 cm³/mol. The molecule has 0 amide bonds.